The van der Waals surface area contributed by atoms with Crippen molar-refractivity contribution < 1.29 is 38.5 Å². The maximum atomic E-state index is 12.5. The van der Waals surface area contributed by atoms with E-state index in [1.54, 1.807) is 0 Å². The number of alkyl carbamates (subject to hydrolysis) is 1. The Balaban J connectivity index is 1.61. The fourth-order valence-corrected chi connectivity index (χ4v) is 3.79. The van der Waals surface area contributed by atoms with E-state index in [4.69, 9.17) is 24.2 Å². The van der Waals surface area contributed by atoms with Crippen molar-refractivity contribution in [3.8, 4) is 11.1 Å². The molecule has 0 spiro atoms. The summed E-state index contributed by atoms with van der Waals surface area (Å²) in [5.41, 5.74) is 6.40. The number of benzene rings is 2. The van der Waals surface area contributed by atoms with Gasteiger partial charge in [-0.15, -0.1) is 0 Å². The van der Waals surface area contributed by atoms with Crippen LogP contribution >= 0.6 is 0 Å². The first kappa shape index (κ1) is 25.2. The summed E-state index contributed by atoms with van der Waals surface area (Å²) in [6.45, 7) is -0.00969. The third kappa shape index (κ3) is 6.10. The van der Waals surface area contributed by atoms with Crippen molar-refractivity contribution in [2.75, 3.05) is 34.0 Å². The lowest BCUT2D eigenvalue weighted by Gasteiger charge is -2.20. The maximum absolute atomic E-state index is 12.5. The molecule has 0 aromatic heterocycles. The summed E-state index contributed by atoms with van der Waals surface area (Å²) >= 11 is 0. The number of fused-ring (bicyclic) bond motifs is 3. The Morgan fingerprint density at radius 3 is 2.15 bits per heavy atom. The van der Waals surface area contributed by atoms with Gasteiger partial charge in [0.15, 0.2) is 0 Å². The minimum absolute atomic E-state index is 0.0872. The lowest BCUT2D eigenvalue weighted by molar-refractivity contribution is -0.165. The highest BCUT2D eigenvalue weighted by Crippen LogP contribution is 2.44. The number of carbonyl (C=O) groups excluding carboxylic acids is 2. The smallest absolute Gasteiger partial charge is 0.407 e. The Labute approximate surface area is 197 Å². The summed E-state index contributed by atoms with van der Waals surface area (Å²) in [5.74, 6) is -2.17. The first-order valence-electron chi connectivity index (χ1n) is 10.7. The summed E-state index contributed by atoms with van der Waals surface area (Å²) in [4.78, 5) is 41.1. The number of hydrogen-bond acceptors (Lipinski definition) is 7. The second-order valence-electron chi connectivity index (χ2n) is 7.67. The molecule has 2 aromatic carbocycles. The first-order chi connectivity index (χ1) is 16.5. The van der Waals surface area contributed by atoms with E-state index in [2.05, 4.69) is 10.8 Å². The highest BCUT2D eigenvalue weighted by molar-refractivity contribution is 5.85. The normalized spacial score (nSPS) is 13.9. The number of carboxylic acids is 1. The summed E-state index contributed by atoms with van der Waals surface area (Å²) in [5, 5.41) is 11.6. The van der Waals surface area contributed by atoms with Gasteiger partial charge in [0.05, 0.1) is 6.61 Å². The molecule has 2 unspecified atom stereocenters. The number of aliphatic carboxylic acids is 1. The summed E-state index contributed by atoms with van der Waals surface area (Å²) in [6.07, 6.45) is -2.06. The van der Waals surface area contributed by atoms with E-state index in [9.17, 15) is 14.4 Å². The Kier molecular flexibility index (Phi) is 8.97. The fourth-order valence-electron chi connectivity index (χ4n) is 3.79. The van der Waals surface area contributed by atoms with E-state index >= 15 is 0 Å². The molecule has 182 valence electrons. The number of hydroxylamine groups is 1. The van der Waals surface area contributed by atoms with E-state index < -0.39 is 30.1 Å². The van der Waals surface area contributed by atoms with E-state index in [-0.39, 0.29) is 32.2 Å². The monoisotopic (exact) mass is 472 g/mol. The number of carboxylic acid groups (broad SMARTS) is 1. The Hall–Kier alpha value is -3.47. The number of ether oxygens (including phenoxy) is 3. The van der Waals surface area contributed by atoms with Crippen LogP contribution in [0.3, 0.4) is 0 Å². The van der Waals surface area contributed by atoms with Gasteiger partial charge in [-0.3, -0.25) is 9.63 Å². The molecule has 0 aliphatic heterocycles. The van der Waals surface area contributed by atoms with Gasteiger partial charge in [0.1, 0.15) is 12.6 Å². The van der Waals surface area contributed by atoms with Gasteiger partial charge in [-0.2, -0.15) is 0 Å². The van der Waals surface area contributed by atoms with Crippen LogP contribution in [0.2, 0.25) is 0 Å². The van der Waals surface area contributed by atoms with Crippen molar-refractivity contribution in [3.05, 3.63) is 59.7 Å². The van der Waals surface area contributed by atoms with Crippen molar-refractivity contribution in [3.63, 3.8) is 0 Å². The van der Waals surface area contributed by atoms with Crippen molar-refractivity contribution in [1.82, 2.24) is 10.8 Å². The quantitative estimate of drug-likeness (QED) is 0.400. The van der Waals surface area contributed by atoms with Crippen LogP contribution in [-0.2, 0) is 28.6 Å². The second kappa shape index (κ2) is 12.1. The molecule has 0 saturated carbocycles. The average Bonchev–Trinajstić information content (AvgIpc) is 3.16. The molecular weight excluding hydrogens is 444 g/mol. The predicted octanol–water partition coefficient (Wildman–Crippen LogP) is 2.08. The van der Waals surface area contributed by atoms with Crippen molar-refractivity contribution in [2.24, 2.45) is 0 Å². The molecule has 2 amide bonds. The number of methoxy groups -OCH3 is 2. The highest BCUT2D eigenvalue weighted by Gasteiger charge is 2.30. The van der Waals surface area contributed by atoms with Crippen LogP contribution in [0.1, 0.15) is 23.5 Å². The molecule has 1 aliphatic rings. The molecule has 2 aromatic rings. The van der Waals surface area contributed by atoms with Crippen LogP contribution in [0, 0.1) is 0 Å². The number of hydrogen-bond donors (Lipinski definition) is 3. The fraction of sp³-hybridized carbons (Fsp3) is 0.375. The molecular formula is C24H28N2O8. The van der Waals surface area contributed by atoms with Crippen LogP contribution in [0.5, 0.6) is 0 Å². The number of carbonyl (C=O) groups is 3. The largest absolute Gasteiger partial charge is 0.479 e. The van der Waals surface area contributed by atoms with Gasteiger partial charge in [-0.05, 0) is 22.3 Å². The Morgan fingerprint density at radius 2 is 1.59 bits per heavy atom. The lowest BCUT2D eigenvalue weighted by Crippen LogP contribution is -2.49. The molecule has 34 heavy (non-hydrogen) atoms. The van der Waals surface area contributed by atoms with Gasteiger partial charge in [0.2, 0.25) is 6.10 Å². The molecule has 10 nitrogen and oxygen atoms in total. The van der Waals surface area contributed by atoms with E-state index in [1.807, 2.05) is 48.5 Å². The summed E-state index contributed by atoms with van der Waals surface area (Å²) < 4.78 is 15.2. The number of amides is 2. The molecule has 0 heterocycles. The van der Waals surface area contributed by atoms with Crippen molar-refractivity contribution in [1.29, 1.82) is 0 Å². The molecule has 10 heteroatoms. The van der Waals surface area contributed by atoms with Crippen LogP contribution < -0.4 is 10.8 Å². The summed E-state index contributed by atoms with van der Waals surface area (Å²) in [7, 11) is 2.76. The maximum Gasteiger partial charge on any atom is 0.407 e. The van der Waals surface area contributed by atoms with Crippen molar-refractivity contribution in [2.45, 2.75) is 24.5 Å². The molecule has 3 N–H and O–H groups in total. The van der Waals surface area contributed by atoms with Gasteiger partial charge in [0.25, 0.3) is 5.91 Å². The minimum Gasteiger partial charge on any atom is -0.479 e. The third-order valence-electron chi connectivity index (χ3n) is 5.46. The second-order valence-corrected chi connectivity index (χ2v) is 7.67. The van der Waals surface area contributed by atoms with Gasteiger partial charge in [0, 0.05) is 33.2 Å². The molecule has 0 saturated heterocycles. The van der Waals surface area contributed by atoms with Gasteiger partial charge >= 0.3 is 12.1 Å². The number of nitrogens with one attached hydrogen (secondary N) is 2. The number of rotatable bonds is 12. The zero-order chi connectivity index (χ0) is 24.5. The molecule has 1 aliphatic carbocycles. The van der Waals surface area contributed by atoms with Crippen LogP contribution in [0.4, 0.5) is 4.79 Å². The molecule has 0 radical (unpaired) electrons. The standard InChI is InChI=1S/C24H28N2O8/c1-31-12-11-20(22(27)26-34-21(14-32-2)23(28)29)25-24(30)33-13-19-17-9-5-3-7-15(17)16-8-4-6-10-18(16)19/h3-10,19-21H,11-14H2,1-2H3,(H,25,30)(H,26,27)(H,28,29). The molecule has 0 bridgehead atoms. The zero-order valence-corrected chi connectivity index (χ0v) is 19.0. The van der Waals surface area contributed by atoms with Gasteiger partial charge < -0.3 is 24.6 Å². The molecule has 3 rings (SSSR count). The van der Waals surface area contributed by atoms with E-state index in [0.29, 0.717) is 0 Å². The summed E-state index contributed by atoms with van der Waals surface area (Å²) in [6, 6.07) is 14.8. The van der Waals surface area contributed by atoms with E-state index in [0.717, 1.165) is 22.3 Å². The van der Waals surface area contributed by atoms with Gasteiger partial charge in [-0.1, -0.05) is 48.5 Å². The van der Waals surface area contributed by atoms with Gasteiger partial charge in [-0.25, -0.2) is 15.1 Å². The lowest BCUT2D eigenvalue weighted by atomic mass is 9.98. The average molecular weight is 472 g/mol. The van der Waals surface area contributed by atoms with Crippen LogP contribution in [0.15, 0.2) is 48.5 Å². The van der Waals surface area contributed by atoms with E-state index in [1.165, 1.54) is 14.2 Å². The van der Waals surface area contributed by atoms with Crippen LogP contribution in [0.25, 0.3) is 11.1 Å². The topological polar surface area (TPSA) is 132 Å². The predicted molar refractivity (Wildman–Crippen MR) is 121 cm³/mol. The zero-order valence-electron chi connectivity index (χ0n) is 19.0. The Morgan fingerprint density at radius 1 is 0.971 bits per heavy atom. The SMILES string of the molecule is COCCC(NC(=O)OCC1c2ccccc2-c2ccccc21)C(=O)NOC(COC)C(=O)O. The molecule has 0 fully saturated rings. The Bertz CT molecular complexity index is 966. The minimum atomic E-state index is -1.40. The van der Waals surface area contributed by atoms with Crippen LogP contribution in [-0.4, -0.2) is 69.3 Å². The third-order valence-corrected chi connectivity index (χ3v) is 5.46. The van der Waals surface area contributed by atoms with Crippen molar-refractivity contribution >= 4 is 18.0 Å². The molecule has 2 atom stereocenters. The first-order valence-corrected chi connectivity index (χ1v) is 10.7. The highest BCUT2D eigenvalue weighted by atomic mass is 16.7.